The molecule has 26 heavy (non-hydrogen) atoms. The number of benzene rings is 3. The van der Waals surface area contributed by atoms with Crippen molar-refractivity contribution >= 4 is 16.5 Å². The Morgan fingerprint density at radius 1 is 1.00 bits per heavy atom. The highest BCUT2D eigenvalue weighted by Gasteiger charge is 2.23. The van der Waals surface area contributed by atoms with E-state index < -0.39 is 0 Å². The Morgan fingerprint density at radius 3 is 2.65 bits per heavy atom. The van der Waals surface area contributed by atoms with Crippen LogP contribution >= 0.6 is 0 Å². The van der Waals surface area contributed by atoms with Crippen LogP contribution in [0.15, 0.2) is 72.8 Å². The van der Waals surface area contributed by atoms with E-state index in [0.717, 1.165) is 26.3 Å². The Labute approximate surface area is 155 Å². The van der Waals surface area contributed by atoms with Crippen LogP contribution in [-0.4, -0.2) is 32.3 Å². The van der Waals surface area contributed by atoms with Crippen LogP contribution in [0.3, 0.4) is 0 Å². The second-order valence-corrected chi connectivity index (χ2v) is 6.96. The molecule has 2 unspecified atom stereocenters. The summed E-state index contributed by atoms with van der Waals surface area (Å²) < 4.78 is 5.76. The summed E-state index contributed by atoms with van der Waals surface area (Å²) >= 11 is 0. The van der Waals surface area contributed by atoms with Crippen LogP contribution in [0.5, 0.6) is 0 Å². The quantitative estimate of drug-likeness (QED) is 0.741. The van der Waals surface area contributed by atoms with Crippen molar-refractivity contribution in [1.82, 2.24) is 5.32 Å². The van der Waals surface area contributed by atoms with Gasteiger partial charge in [-0.15, -0.1) is 0 Å². The van der Waals surface area contributed by atoms with E-state index in [-0.39, 0.29) is 0 Å². The Bertz CT molecular complexity index is 844. The van der Waals surface area contributed by atoms with Gasteiger partial charge >= 0.3 is 0 Å². The summed E-state index contributed by atoms with van der Waals surface area (Å²) in [6.45, 7) is 5.66. The van der Waals surface area contributed by atoms with E-state index in [1.165, 1.54) is 22.0 Å². The highest BCUT2D eigenvalue weighted by Crippen LogP contribution is 2.25. The summed E-state index contributed by atoms with van der Waals surface area (Å²) in [5.41, 5.74) is 2.63. The average Bonchev–Trinajstić information content (AvgIpc) is 2.72. The Kier molecular flexibility index (Phi) is 5.19. The highest BCUT2D eigenvalue weighted by molar-refractivity contribution is 5.86. The van der Waals surface area contributed by atoms with Gasteiger partial charge in [0.1, 0.15) is 0 Å². The monoisotopic (exact) mass is 346 g/mol. The van der Waals surface area contributed by atoms with Crippen molar-refractivity contribution in [3.63, 3.8) is 0 Å². The predicted molar refractivity (Wildman–Crippen MR) is 109 cm³/mol. The maximum absolute atomic E-state index is 5.76. The lowest BCUT2D eigenvalue weighted by atomic mass is 9.99. The third kappa shape index (κ3) is 3.59. The number of para-hydroxylation sites is 1. The second kappa shape index (κ2) is 7.90. The number of ether oxygens (including phenoxy) is 1. The molecular formula is C23H26N2O. The van der Waals surface area contributed by atoms with Gasteiger partial charge in [-0.2, -0.15) is 0 Å². The molecule has 0 amide bonds. The topological polar surface area (TPSA) is 24.5 Å². The van der Waals surface area contributed by atoms with Crippen molar-refractivity contribution in [2.75, 3.05) is 31.2 Å². The van der Waals surface area contributed by atoms with Crippen molar-refractivity contribution in [2.24, 2.45) is 0 Å². The van der Waals surface area contributed by atoms with E-state index in [1.807, 2.05) is 0 Å². The lowest BCUT2D eigenvalue weighted by Crippen LogP contribution is -2.50. The maximum Gasteiger partial charge on any atom is 0.0683 e. The van der Waals surface area contributed by atoms with E-state index in [0.29, 0.717) is 12.1 Å². The first kappa shape index (κ1) is 17.1. The van der Waals surface area contributed by atoms with Gasteiger partial charge in [0.05, 0.1) is 19.3 Å². The lowest BCUT2D eigenvalue weighted by Gasteiger charge is -2.38. The molecule has 1 saturated heterocycles. The molecule has 1 fully saturated rings. The fourth-order valence-electron chi connectivity index (χ4n) is 3.83. The smallest absolute Gasteiger partial charge is 0.0683 e. The van der Waals surface area contributed by atoms with Gasteiger partial charge in [0.15, 0.2) is 0 Å². The summed E-state index contributed by atoms with van der Waals surface area (Å²) in [7, 11) is 0. The molecule has 1 heterocycles. The summed E-state index contributed by atoms with van der Waals surface area (Å²) in [6.07, 6.45) is 0. The van der Waals surface area contributed by atoms with E-state index in [9.17, 15) is 0 Å². The number of rotatable bonds is 5. The van der Waals surface area contributed by atoms with Gasteiger partial charge in [-0.05, 0) is 35.4 Å². The molecule has 134 valence electrons. The van der Waals surface area contributed by atoms with Gasteiger partial charge in [-0.25, -0.2) is 0 Å². The molecule has 0 saturated carbocycles. The third-order valence-electron chi connectivity index (χ3n) is 5.26. The zero-order chi connectivity index (χ0) is 17.8. The fraction of sp³-hybridized carbons (Fsp3) is 0.304. The normalized spacial score (nSPS) is 18.8. The fourth-order valence-corrected chi connectivity index (χ4v) is 3.83. The molecule has 3 aromatic rings. The minimum atomic E-state index is 0.292. The number of hydrogen-bond acceptors (Lipinski definition) is 3. The molecule has 0 aliphatic carbocycles. The molecule has 2 atom stereocenters. The van der Waals surface area contributed by atoms with Crippen LogP contribution in [0.25, 0.3) is 10.8 Å². The number of fused-ring (bicyclic) bond motifs is 1. The molecular weight excluding hydrogens is 320 g/mol. The van der Waals surface area contributed by atoms with Gasteiger partial charge in [-0.1, -0.05) is 60.7 Å². The zero-order valence-corrected chi connectivity index (χ0v) is 15.3. The Morgan fingerprint density at radius 2 is 1.77 bits per heavy atom. The average molecular weight is 346 g/mol. The minimum absolute atomic E-state index is 0.292. The van der Waals surface area contributed by atoms with Crippen LogP contribution < -0.4 is 10.2 Å². The standard InChI is InChI=1S/C23H26N2O/c1-18(22-13-7-9-19-8-5-6-12-23(19)22)24-16-21-17-26-15-14-25(21)20-10-3-2-4-11-20/h2-13,18,21,24H,14-17H2,1H3. The van der Waals surface area contributed by atoms with Gasteiger partial charge < -0.3 is 15.0 Å². The molecule has 1 aliphatic heterocycles. The van der Waals surface area contributed by atoms with E-state index in [1.54, 1.807) is 0 Å². The minimum Gasteiger partial charge on any atom is -0.377 e. The number of morpholine rings is 1. The first-order valence-corrected chi connectivity index (χ1v) is 9.43. The number of anilines is 1. The van der Waals surface area contributed by atoms with Gasteiger partial charge in [-0.3, -0.25) is 0 Å². The first-order valence-electron chi connectivity index (χ1n) is 9.43. The molecule has 4 rings (SSSR count). The molecule has 1 aliphatic rings. The molecule has 3 nitrogen and oxygen atoms in total. The number of nitrogens with zero attached hydrogens (tertiary/aromatic N) is 1. The van der Waals surface area contributed by atoms with E-state index in [4.69, 9.17) is 4.74 Å². The zero-order valence-electron chi connectivity index (χ0n) is 15.3. The van der Waals surface area contributed by atoms with Crippen molar-refractivity contribution in [3.05, 3.63) is 78.4 Å². The Hall–Kier alpha value is -2.36. The highest BCUT2D eigenvalue weighted by atomic mass is 16.5. The molecule has 0 spiro atoms. The molecule has 0 aromatic heterocycles. The second-order valence-electron chi connectivity index (χ2n) is 6.96. The van der Waals surface area contributed by atoms with Crippen LogP contribution in [0, 0.1) is 0 Å². The maximum atomic E-state index is 5.76. The van der Waals surface area contributed by atoms with Crippen LogP contribution in [0.2, 0.25) is 0 Å². The van der Waals surface area contributed by atoms with Crippen molar-refractivity contribution in [3.8, 4) is 0 Å². The largest absolute Gasteiger partial charge is 0.377 e. The van der Waals surface area contributed by atoms with Gasteiger partial charge in [0.25, 0.3) is 0 Å². The summed E-state index contributed by atoms with van der Waals surface area (Å²) in [5, 5.41) is 6.36. The molecule has 0 radical (unpaired) electrons. The van der Waals surface area contributed by atoms with Crippen LogP contribution in [0.1, 0.15) is 18.5 Å². The molecule has 3 aromatic carbocycles. The van der Waals surface area contributed by atoms with E-state index >= 15 is 0 Å². The first-order chi connectivity index (χ1) is 12.8. The lowest BCUT2D eigenvalue weighted by molar-refractivity contribution is 0.0930. The number of hydrogen-bond donors (Lipinski definition) is 1. The SMILES string of the molecule is CC(NCC1COCCN1c1ccccc1)c1cccc2ccccc12. The summed E-state index contributed by atoms with van der Waals surface area (Å²) in [4.78, 5) is 2.46. The molecule has 0 bridgehead atoms. The van der Waals surface area contributed by atoms with Crippen LogP contribution in [-0.2, 0) is 4.74 Å². The van der Waals surface area contributed by atoms with Crippen molar-refractivity contribution in [2.45, 2.75) is 19.0 Å². The van der Waals surface area contributed by atoms with Crippen molar-refractivity contribution < 1.29 is 4.74 Å². The predicted octanol–water partition coefficient (Wildman–Crippen LogP) is 4.40. The summed E-state index contributed by atoms with van der Waals surface area (Å²) in [5.74, 6) is 0. The third-order valence-corrected chi connectivity index (χ3v) is 5.26. The Balaban J connectivity index is 1.48. The van der Waals surface area contributed by atoms with Gasteiger partial charge in [0.2, 0.25) is 0 Å². The summed E-state index contributed by atoms with van der Waals surface area (Å²) in [6, 6.07) is 26.5. The van der Waals surface area contributed by atoms with Crippen LogP contribution in [0.4, 0.5) is 5.69 Å². The molecule has 1 N–H and O–H groups in total. The van der Waals surface area contributed by atoms with E-state index in [2.05, 4.69) is 89.9 Å². The van der Waals surface area contributed by atoms with Crippen molar-refractivity contribution in [1.29, 1.82) is 0 Å². The van der Waals surface area contributed by atoms with Gasteiger partial charge in [0, 0.05) is 24.8 Å². The number of nitrogens with one attached hydrogen (secondary N) is 1. The molecule has 3 heteroatoms.